The number of carbonyl (C=O) groups excluding carboxylic acids is 1. The van der Waals surface area contributed by atoms with Gasteiger partial charge in [0.2, 0.25) is 5.13 Å². The lowest BCUT2D eigenvalue weighted by molar-refractivity contribution is 0.102. The monoisotopic (exact) mass is 570 g/mol. The number of rotatable bonds is 8. The van der Waals surface area contributed by atoms with Crippen molar-refractivity contribution >= 4 is 61.1 Å². The second-order valence-electron chi connectivity index (χ2n) is 7.12. The predicted molar refractivity (Wildman–Crippen MR) is 145 cm³/mol. The Morgan fingerprint density at radius 3 is 2.49 bits per heavy atom. The van der Waals surface area contributed by atoms with Crippen LogP contribution in [0.2, 0.25) is 5.02 Å². The summed E-state index contributed by atoms with van der Waals surface area (Å²) >= 11 is 10.7. The number of para-hydroxylation sites is 1. The molecule has 0 aliphatic carbocycles. The summed E-state index contributed by atoms with van der Waals surface area (Å²) < 4.78 is 11.7. The molecule has 0 atom stereocenters. The molecule has 0 aliphatic heterocycles. The van der Waals surface area contributed by atoms with Gasteiger partial charge in [-0.3, -0.25) is 10.2 Å². The Balaban J connectivity index is 1.61. The van der Waals surface area contributed by atoms with Gasteiger partial charge in [0.25, 0.3) is 5.91 Å². The lowest BCUT2D eigenvalue weighted by Crippen LogP contribution is -2.11. The van der Waals surface area contributed by atoms with Crippen LogP contribution in [0.4, 0.5) is 10.1 Å². The van der Waals surface area contributed by atoms with E-state index in [1.807, 2.05) is 42.5 Å². The van der Waals surface area contributed by atoms with Gasteiger partial charge in [0.15, 0.2) is 11.5 Å². The molecule has 0 spiro atoms. The van der Waals surface area contributed by atoms with E-state index in [1.54, 1.807) is 44.7 Å². The molecule has 0 aliphatic rings. The quantitative estimate of drug-likeness (QED) is 0.177. The Labute approximate surface area is 219 Å². The van der Waals surface area contributed by atoms with Crippen LogP contribution in [-0.4, -0.2) is 31.3 Å². The van der Waals surface area contributed by atoms with E-state index in [4.69, 9.17) is 21.1 Å². The molecule has 35 heavy (non-hydrogen) atoms. The van der Waals surface area contributed by atoms with Crippen LogP contribution < -0.4 is 20.2 Å². The molecule has 3 aromatic carbocycles. The standard InChI is InChI=1S/C25H20BrClN4O3S/c1-33-20-5-3-4-17(22(20)34-2)14-28-31-25-29-21(15-8-12-19(27)13-9-15)24(35-25)30-23(32)16-6-10-18(26)11-7-16/h3-14H,1-2H3,(H,29,31)(H,30,32)/b28-14-. The number of carbonyl (C=O) groups is 1. The van der Waals surface area contributed by atoms with Gasteiger partial charge in [-0.2, -0.15) is 5.10 Å². The zero-order valence-electron chi connectivity index (χ0n) is 18.7. The Morgan fingerprint density at radius 2 is 1.80 bits per heavy atom. The van der Waals surface area contributed by atoms with Crippen LogP contribution in [0.3, 0.4) is 0 Å². The molecule has 0 saturated carbocycles. The van der Waals surface area contributed by atoms with Gasteiger partial charge in [-0.15, -0.1) is 0 Å². The number of thiazole rings is 1. The molecule has 0 bridgehead atoms. The lowest BCUT2D eigenvalue weighted by Gasteiger charge is -2.09. The first kappa shape index (κ1) is 24.7. The molecule has 1 amide bonds. The van der Waals surface area contributed by atoms with E-state index < -0.39 is 0 Å². The van der Waals surface area contributed by atoms with Gasteiger partial charge in [-0.1, -0.05) is 57.1 Å². The third-order valence-corrected chi connectivity index (χ3v) is 6.53. The normalized spacial score (nSPS) is 10.9. The average Bonchev–Trinajstić information content (AvgIpc) is 3.26. The van der Waals surface area contributed by atoms with E-state index in [0.29, 0.717) is 37.9 Å². The Hall–Kier alpha value is -3.40. The second-order valence-corrected chi connectivity index (χ2v) is 9.47. The van der Waals surface area contributed by atoms with Crippen molar-refractivity contribution < 1.29 is 14.3 Å². The number of benzene rings is 3. The summed E-state index contributed by atoms with van der Waals surface area (Å²) in [4.78, 5) is 17.5. The maximum absolute atomic E-state index is 12.9. The molecule has 0 saturated heterocycles. The van der Waals surface area contributed by atoms with Gasteiger partial charge in [0.1, 0.15) is 10.7 Å². The number of hydrazone groups is 1. The van der Waals surface area contributed by atoms with Gasteiger partial charge in [0.05, 0.1) is 20.4 Å². The SMILES string of the molecule is COc1cccc(/C=N\Nc2nc(-c3ccc(Cl)cc3)c(NC(=O)c3ccc(Br)cc3)s2)c1OC. The van der Waals surface area contributed by atoms with Gasteiger partial charge < -0.3 is 14.8 Å². The first-order valence-corrected chi connectivity index (χ1v) is 12.3. The summed E-state index contributed by atoms with van der Waals surface area (Å²) in [6, 6.07) is 19.9. The summed E-state index contributed by atoms with van der Waals surface area (Å²) in [7, 11) is 3.15. The topological polar surface area (TPSA) is 84.8 Å². The van der Waals surface area contributed by atoms with E-state index in [9.17, 15) is 4.79 Å². The van der Waals surface area contributed by atoms with Crippen LogP contribution >= 0.6 is 38.9 Å². The number of nitrogens with one attached hydrogen (secondary N) is 2. The van der Waals surface area contributed by atoms with E-state index in [-0.39, 0.29) is 5.91 Å². The molecule has 0 unspecified atom stereocenters. The van der Waals surface area contributed by atoms with Crippen LogP contribution in [0.25, 0.3) is 11.3 Å². The molecule has 10 heteroatoms. The zero-order valence-corrected chi connectivity index (χ0v) is 21.9. The summed E-state index contributed by atoms with van der Waals surface area (Å²) in [6.07, 6.45) is 1.62. The number of halogens is 2. The third-order valence-electron chi connectivity index (χ3n) is 4.88. The fraction of sp³-hybridized carbons (Fsp3) is 0.0800. The van der Waals surface area contributed by atoms with Crippen molar-refractivity contribution in [1.29, 1.82) is 0 Å². The second kappa shape index (κ2) is 11.4. The minimum absolute atomic E-state index is 0.243. The van der Waals surface area contributed by atoms with Crippen molar-refractivity contribution in [1.82, 2.24) is 4.98 Å². The maximum Gasteiger partial charge on any atom is 0.256 e. The lowest BCUT2D eigenvalue weighted by atomic mass is 10.1. The smallest absolute Gasteiger partial charge is 0.256 e. The van der Waals surface area contributed by atoms with Crippen molar-refractivity contribution in [2.75, 3.05) is 25.0 Å². The van der Waals surface area contributed by atoms with E-state index in [0.717, 1.165) is 15.6 Å². The number of methoxy groups -OCH3 is 2. The van der Waals surface area contributed by atoms with E-state index in [1.165, 1.54) is 11.3 Å². The zero-order chi connectivity index (χ0) is 24.8. The van der Waals surface area contributed by atoms with Crippen molar-refractivity contribution in [2.45, 2.75) is 0 Å². The number of aromatic nitrogens is 1. The van der Waals surface area contributed by atoms with Crippen molar-refractivity contribution in [3.63, 3.8) is 0 Å². The molecular weight excluding hydrogens is 552 g/mol. The van der Waals surface area contributed by atoms with Crippen LogP contribution in [0.5, 0.6) is 11.5 Å². The maximum atomic E-state index is 12.9. The number of nitrogens with zero attached hydrogens (tertiary/aromatic N) is 2. The summed E-state index contributed by atoms with van der Waals surface area (Å²) in [6.45, 7) is 0. The highest BCUT2D eigenvalue weighted by Gasteiger charge is 2.17. The number of amides is 1. The molecule has 7 nitrogen and oxygen atoms in total. The minimum atomic E-state index is -0.243. The van der Waals surface area contributed by atoms with Crippen LogP contribution in [-0.2, 0) is 0 Å². The molecule has 0 radical (unpaired) electrons. The highest BCUT2D eigenvalue weighted by atomic mass is 79.9. The van der Waals surface area contributed by atoms with E-state index in [2.05, 4.69) is 36.8 Å². The minimum Gasteiger partial charge on any atom is -0.493 e. The first-order chi connectivity index (χ1) is 17.0. The highest BCUT2D eigenvalue weighted by molar-refractivity contribution is 9.10. The third kappa shape index (κ3) is 6.00. The number of hydrogen-bond acceptors (Lipinski definition) is 7. The number of anilines is 2. The molecule has 4 rings (SSSR count). The Morgan fingerprint density at radius 1 is 1.06 bits per heavy atom. The van der Waals surface area contributed by atoms with Crippen molar-refractivity contribution in [2.24, 2.45) is 5.10 Å². The van der Waals surface area contributed by atoms with Gasteiger partial charge in [-0.25, -0.2) is 4.98 Å². The summed E-state index contributed by atoms with van der Waals surface area (Å²) in [5.74, 6) is 0.935. The fourth-order valence-corrected chi connectivity index (χ4v) is 4.43. The first-order valence-electron chi connectivity index (χ1n) is 10.3. The Bertz CT molecular complexity index is 1360. The van der Waals surface area contributed by atoms with Crippen molar-refractivity contribution in [3.05, 3.63) is 87.4 Å². The molecule has 1 aromatic heterocycles. The molecule has 2 N–H and O–H groups in total. The molecule has 0 fully saturated rings. The summed E-state index contributed by atoms with van der Waals surface area (Å²) in [5.41, 5.74) is 5.62. The largest absolute Gasteiger partial charge is 0.493 e. The predicted octanol–water partition coefficient (Wildman–Crippen LogP) is 6.94. The fourth-order valence-electron chi connectivity index (χ4n) is 3.20. The van der Waals surface area contributed by atoms with E-state index >= 15 is 0 Å². The van der Waals surface area contributed by atoms with Gasteiger partial charge in [0, 0.05) is 26.2 Å². The average molecular weight is 572 g/mol. The van der Waals surface area contributed by atoms with Gasteiger partial charge in [-0.05, 0) is 48.5 Å². The number of hydrogen-bond donors (Lipinski definition) is 2. The van der Waals surface area contributed by atoms with Crippen LogP contribution in [0, 0.1) is 0 Å². The highest BCUT2D eigenvalue weighted by Crippen LogP contribution is 2.37. The molecule has 1 heterocycles. The summed E-state index contributed by atoms with van der Waals surface area (Å²) in [5, 5.41) is 8.96. The van der Waals surface area contributed by atoms with Gasteiger partial charge >= 0.3 is 0 Å². The molecule has 178 valence electrons. The molecular formula is C25H20BrClN4O3S. The molecule has 4 aromatic rings. The van der Waals surface area contributed by atoms with Crippen LogP contribution in [0.15, 0.2) is 76.3 Å². The van der Waals surface area contributed by atoms with Crippen LogP contribution in [0.1, 0.15) is 15.9 Å². The Kier molecular flexibility index (Phi) is 8.02. The van der Waals surface area contributed by atoms with Crippen molar-refractivity contribution in [3.8, 4) is 22.8 Å². The number of ether oxygens (including phenoxy) is 2.